The molecule has 3 amide bonds. The Kier molecular flexibility index (Phi) is 8.77. The van der Waals surface area contributed by atoms with Crippen molar-refractivity contribution in [2.75, 3.05) is 24.3 Å². The van der Waals surface area contributed by atoms with Gasteiger partial charge in [-0.3, -0.25) is 19.9 Å². The minimum atomic E-state index is -0.890. The molecule has 1 aromatic heterocycles. The topological polar surface area (TPSA) is 101 Å². The highest BCUT2D eigenvalue weighted by Gasteiger charge is 2.32. The number of halogens is 3. The molecule has 2 aliphatic rings. The molecule has 3 aromatic rings. The van der Waals surface area contributed by atoms with Crippen molar-refractivity contribution in [1.29, 1.82) is 0 Å². The Bertz CT molecular complexity index is 1630. The Morgan fingerprint density at radius 3 is 2.65 bits per heavy atom. The number of benzene rings is 2. The number of nitrogens with one attached hydrogen (secondary N) is 2. The SMILES string of the molecule is COC(=O)Nc1ccc2c(c1)NC(=O)[C@H](C)C(C)CC[C@H](N1CCC(c3c(F)ccc(Cl)c3F)=CC1=O)c1cc-2ccn1. The number of anilines is 2. The lowest BCUT2D eigenvalue weighted by molar-refractivity contribution is -0.129. The smallest absolute Gasteiger partial charge is 0.411 e. The highest BCUT2D eigenvalue weighted by atomic mass is 35.5. The summed E-state index contributed by atoms with van der Waals surface area (Å²) in [6, 6.07) is 10.6. The molecule has 0 saturated heterocycles. The van der Waals surface area contributed by atoms with Crippen LogP contribution in [0.15, 0.2) is 54.7 Å². The molecule has 5 rings (SSSR count). The van der Waals surface area contributed by atoms with Crippen molar-refractivity contribution in [2.45, 2.75) is 39.2 Å². The first-order valence-corrected chi connectivity index (χ1v) is 14.4. The van der Waals surface area contributed by atoms with E-state index in [1.54, 1.807) is 35.4 Å². The number of ether oxygens (including phenoxy) is 1. The van der Waals surface area contributed by atoms with E-state index in [9.17, 15) is 23.2 Å². The van der Waals surface area contributed by atoms with Gasteiger partial charge in [0.05, 0.1) is 35.1 Å². The van der Waals surface area contributed by atoms with Gasteiger partial charge in [-0.05, 0) is 72.7 Å². The first kappa shape index (κ1) is 30.2. The fourth-order valence-electron chi connectivity index (χ4n) is 5.57. The van der Waals surface area contributed by atoms with Crippen LogP contribution in [0.25, 0.3) is 16.7 Å². The number of carbonyl (C=O) groups excluding carboxylic acids is 3. The van der Waals surface area contributed by atoms with Gasteiger partial charge in [-0.1, -0.05) is 31.5 Å². The van der Waals surface area contributed by atoms with E-state index in [1.807, 2.05) is 19.9 Å². The van der Waals surface area contributed by atoms with Gasteiger partial charge >= 0.3 is 6.09 Å². The number of pyridine rings is 1. The third-order valence-corrected chi connectivity index (χ3v) is 8.54. The minimum absolute atomic E-state index is 0.0504. The molecule has 2 N–H and O–H groups in total. The number of carbonyl (C=O) groups is 3. The zero-order chi connectivity index (χ0) is 30.8. The summed E-state index contributed by atoms with van der Waals surface area (Å²) in [5.74, 6) is -2.65. The van der Waals surface area contributed by atoms with Crippen molar-refractivity contribution >= 4 is 46.5 Å². The van der Waals surface area contributed by atoms with Gasteiger partial charge in [0.15, 0.2) is 5.82 Å². The van der Waals surface area contributed by atoms with Crippen molar-refractivity contribution in [3.63, 3.8) is 0 Å². The average molecular weight is 609 g/mol. The fraction of sp³-hybridized carbons (Fsp3) is 0.312. The van der Waals surface area contributed by atoms with E-state index in [0.29, 0.717) is 35.5 Å². The van der Waals surface area contributed by atoms with E-state index in [2.05, 4.69) is 15.6 Å². The number of hydrogen-bond acceptors (Lipinski definition) is 5. The van der Waals surface area contributed by atoms with Gasteiger partial charge in [0.2, 0.25) is 11.8 Å². The lowest BCUT2D eigenvalue weighted by Gasteiger charge is -2.35. The van der Waals surface area contributed by atoms with E-state index in [0.717, 1.165) is 17.7 Å². The maximum atomic E-state index is 14.8. The summed E-state index contributed by atoms with van der Waals surface area (Å²) >= 11 is 5.90. The number of rotatable bonds is 3. The molecule has 224 valence electrons. The predicted octanol–water partition coefficient (Wildman–Crippen LogP) is 7.22. The van der Waals surface area contributed by atoms with Crippen molar-refractivity contribution in [2.24, 2.45) is 11.8 Å². The summed E-state index contributed by atoms with van der Waals surface area (Å²) in [4.78, 5) is 45.0. The molecule has 11 heteroatoms. The summed E-state index contributed by atoms with van der Waals surface area (Å²) < 4.78 is 34.0. The van der Waals surface area contributed by atoms with E-state index in [4.69, 9.17) is 16.3 Å². The highest BCUT2D eigenvalue weighted by Crippen LogP contribution is 2.38. The molecule has 0 spiro atoms. The molecule has 43 heavy (non-hydrogen) atoms. The summed E-state index contributed by atoms with van der Waals surface area (Å²) in [5.41, 5.74) is 3.00. The maximum Gasteiger partial charge on any atom is 0.411 e. The maximum absolute atomic E-state index is 14.8. The van der Waals surface area contributed by atoms with E-state index in [1.165, 1.54) is 13.2 Å². The Morgan fingerprint density at radius 1 is 1.12 bits per heavy atom. The van der Waals surface area contributed by atoms with E-state index in [-0.39, 0.29) is 52.8 Å². The Morgan fingerprint density at radius 2 is 1.91 bits per heavy atom. The summed E-state index contributed by atoms with van der Waals surface area (Å²) in [5, 5.41) is 5.43. The quantitative estimate of drug-likeness (QED) is 0.306. The average Bonchev–Trinajstić information content (AvgIpc) is 2.99. The van der Waals surface area contributed by atoms with Crippen LogP contribution in [0.4, 0.5) is 25.0 Å². The van der Waals surface area contributed by atoms with Crippen molar-refractivity contribution in [1.82, 2.24) is 9.88 Å². The molecule has 0 aliphatic carbocycles. The highest BCUT2D eigenvalue weighted by molar-refractivity contribution is 6.31. The number of aromatic nitrogens is 1. The van der Waals surface area contributed by atoms with Crippen molar-refractivity contribution < 1.29 is 27.9 Å². The van der Waals surface area contributed by atoms with Crippen LogP contribution >= 0.6 is 11.6 Å². The molecule has 0 radical (unpaired) electrons. The molecule has 0 fully saturated rings. The second-order valence-electron chi connectivity index (χ2n) is 10.9. The predicted molar refractivity (Wildman–Crippen MR) is 160 cm³/mol. The van der Waals surface area contributed by atoms with E-state index < -0.39 is 23.8 Å². The number of amides is 3. The second kappa shape index (κ2) is 12.5. The zero-order valence-electron chi connectivity index (χ0n) is 23.9. The van der Waals surface area contributed by atoms with Gasteiger partial charge < -0.3 is 15.0 Å². The van der Waals surface area contributed by atoms with Crippen LogP contribution in [0.2, 0.25) is 5.02 Å². The molecular weight excluding hydrogens is 578 g/mol. The molecule has 2 aromatic carbocycles. The Balaban J connectivity index is 1.55. The Labute approximate surface area is 253 Å². The molecule has 8 nitrogen and oxygen atoms in total. The first-order chi connectivity index (χ1) is 20.6. The summed E-state index contributed by atoms with van der Waals surface area (Å²) in [7, 11) is 1.26. The van der Waals surface area contributed by atoms with Crippen LogP contribution in [0.5, 0.6) is 0 Å². The third-order valence-electron chi connectivity index (χ3n) is 8.25. The van der Waals surface area contributed by atoms with Crippen LogP contribution in [0.1, 0.15) is 50.4 Å². The molecule has 3 atom stereocenters. The van der Waals surface area contributed by atoms with Gasteiger partial charge in [-0.2, -0.15) is 0 Å². The lowest BCUT2D eigenvalue weighted by Crippen LogP contribution is -2.38. The van der Waals surface area contributed by atoms with E-state index >= 15 is 0 Å². The molecule has 2 aliphatic heterocycles. The van der Waals surface area contributed by atoms with Gasteiger partial charge in [0, 0.05) is 36.0 Å². The lowest BCUT2D eigenvalue weighted by atomic mass is 9.87. The second-order valence-corrected chi connectivity index (χ2v) is 11.3. The number of hydrogen-bond donors (Lipinski definition) is 2. The van der Waals surface area contributed by atoms with Crippen molar-refractivity contribution in [3.8, 4) is 11.1 Å². The van der Waals surface area contributed by atoms with Crippen LogP contribution < -0.4 is 10.6 Å². The molecule has 3 heterocycles. The summed E-state index contributed by atoms with van der Waals surface area (Å²) in [6.07, 6.45) is 3.64. The van der Waals surface area contributed by atoms with Crippen LogP contribution in [-0.4, -0.2) is 41.4 Å². The van der Waals surface area contributed by atoms with Crippen molar-refractivity contribution in [3.05, 3.63) is 82.7 Å². The van der Waals surface area contributed by atoms with Crippen LogP contribution in [0.3, 0.4) is 0 Å². The third kappa shape index (κ3) is 6.24. The molecule has 2 bridgehead atoms. The minimum Gasteiger partial charge on any atom is -0.453 e. The monoisotopic (exact) mass is 608 g/mol. The van der Waals surface area contributed by atoms with Gasteiger partial charge in [0.25, 0.3) is 0 Å². The van der Waals surface area contributed by atoms with Gasteiger partial charge in [-0.25, -0.2) is 13.6 Å². The standard InChI is InChI=1S/C32H31ClF2N4O4/c1-17-4-9-27(39-13-11-20(15-28(39)40)29-24(34)8-7-23(33)30(29)35)26-14-19(10-12-36-26)22-6-5-21(37-32(42)43-3)16-25(22)38-31(41)18(17)2/h5-8,10,12,14-18,27H,4,9,11,13H2,1-3H3,(H,37,42)(H,38,41)/t17?,18-,27+/m1/s1. The fourth-order valence-corrected chi connectivity index (χ4v) is 5.72. The Hall–Kier alpha value is -4.31. The normalized spacial score (nSPS) is 20.7. The number of methoxy groups -OCH3 is 1. The summed E-state index contributed by atoms with van der Waals surface area (Å²) in [6.45, 7) is 4.05. The largest absolute Gasteiger partial charge is 0.453 e. The van der Waals surface area contributed by atoms with Crippen LogP contribution in [0, 0.1) is 23.5 Å². The van der Waals surface area contributed by atoms with Crippen LogP contribution in [-0.2, 0) is 14.3 Å². The first-order valence-electron chi connectivity index (χ1n) is 14.0. The molecular formula is C32H31ClF2N4O4. The van der Waals surface area contributed by atoms with Gasteiger partial charge in [0.1, 0.15) is 5.82 Å². The van der Waals surface area contributed by atoms with Gasteiger partial charge in [-0.15, -0.1) is 0 Å². The molecule has 1 unspecified atom stereocenters. The number of nitrogens with zero attached hydrogens (tertiary/aromatic N) is 2. The zero-order valence-corrected chi connectivity index (χ0v) is 24.7. The number of fused-ring (bicyclic) bond motifs is 4. The molecule has 0 saturated carbocycles.